The van der Waals surface area contributed by atoms with Crippen LogP contribution in [0.4, 0.5) is 0 Å². The number of aromatic nitrogens is 1. The van der Waals surface area contributed by atoms with E-state index in [-0.39, 0.29) is 23.2 Å². The summed E-state index contributed by atoms with van der Waals surface area (Å²) in [5.41, 5.74) is 0.980. The van der Waals surface area contributed by atoms with Gasteiger partial charge in [-0.25, -0.2) is 4.98 Å². The van der Waals surface area contributed by atoms with Crippen molar-refractivity contribution in [3.63, 3.8) is 0 Å². The molecule has 29 heavy (non-hydrogen) atoms. The van der Waals surface area contributed by atoms with Gasteiger partial charge in [-0.2, -0.15) is 0 Å². The quantitative estimate of drug-likeness (QED) is 0.801. The number of oxazole rings is 1. The first-order valence-corrected chi connectivity index (χ1v) is 10.6. The Morgan fingerprint density at radius 1 is 1.10 bits per heavy atom. The molecular weight excluding hydrogens is 366 g/mol. The number of hydrogen-bond donors (Lipinski definition) is 0. The zero-order valence-electron chi connectivity index (χ0n) is 16.6. The molecule has 1 spiro atoms. The topological polar surface area (TPSA) is 66.7 Å². The molecule has 2 amide bonds. The van der Waals surface area contributed by atoms with E-state index in [9.17, 15) is 9.59 Å². The maximum Gasteiger partial charge on any atom is 0.227 e. The summed E-state index contributed by atoms with van der Waals surface area (Å²) in [6.07, 6.45) is 7.59. The van der Waals surface area contributed by atoms with Crippen LogP contribution < -0.4 is 0 Å². The average molecular weight is 393 g/mol. The number of likely N-dealkylation sites (tertiary alicyclic amines) is 2. The monoisotopic (exact) mass is 393 g/mol. The molecule has 1 aromatic heterocycles. The fourth-order valence-electron chi connectivity index (χ4n) is 5.06. The second kappa shape index (κ2) is 7.32. The lowest BCUT2D eigenvalue weighted by Gasteiger charge is -2.41. The van der Waals surface area contributed by atoms with Crippen LogP contribution in [0.2, 0.25) is 0 Å². The summed E-state index contributed by atoms with van der Waals surface area (Å²) in [7, 11) is 0. The molecule has 1 saturated carbocycles. The van der Waals surface area contributed by atoms with E-state index < -0.39 is 0 Å². The van der Waals surface area contributed by atoms with Crippen LogP contribution in [0.15, 0.2) is 47.2 Å². The van der Waals surface area contributed by atoms with Crippen molar-refractivity contribution in [2.75, 3.05) is 26.2 Å². The minimum absolute atomic E-state index is 0.0580. The van der Waals surface area contributed by atoms with Gasteiger partial charge in [-0.05, 0) is 31.2 Å². The van der Waals surface area contributed by atoms with Crippen molar-refractivity contribution >= 4 is 11.8 Å². The SMILES string of the molecule is O=C(Cc1ccccc1)N1CC(c2ncco2)C2(CCN(C(=O)C3CC3)CC2)C1. The normalized spacial score (nSPS) is 23.5. The third-order valence-electron chi connectivity index (χ3n) is 6.95. The Morgan fingerprint density at radius 2 is 1.86 bits per heavy atom. The molecule has 3 heterocycles. The third kappa shape index (κ3) is 3.56. The summed E-state index contributed by atoms with van der Waals surface area (Å²) in [5, 5.41) is 0. The second-order valence-corrected chi connectivity index (χ2v) is 8.82. The standard InChI is InChI=1S/C23H27N3O3/c27-20(14-17-4-2-1-3-5-17)26-15-19(21-24-10-13-29-21)23(16-26)8-11-25(12-9-23)22(28)18-6-7-18/h1-5,10,13,18-19H,6-9,11-12,14-16H2. The van der Waals surface area contributed by atoms with Crippen molar-refractivity contribution in [2.45, 2.75) is 38.0 Å². The molecule has 3 fully saturated rings. The Labute approximate surface area is 170 Å². The first-order valence-electron chi connectivity index (χ1n) is 10.6. The van der Waals surface area contributed by atoms with Crippen LogP contribution >= 0.6 is 0 Å². The molecule has 2 aliphatic heterocycles. The highest BCUT2D eigenvalue weighted by molar-refractivity contribution is 5.81. The molecular formula is C23H27N3O3. The number of piperidine rings is 1. The second-order valence-electron chi connectivity index (χ2n) is 8.82. The molecule has 6 nitrogen and oxygen atoms in total. The van der Waals surface area contributed by atoms with Gasteiger partial charge in [-0.15, -0.1) is 0 Å². The largest absolute Gasteiger partial charge is 0.449 e. The van der Waals surface area contributed by atoms with Crippen LogP contribution in [-0.2, 0) is 16.0 Å². The first-order chi connectivity index (χ1) is 14.1. The van der Waals surface area contributed by atoms with E-state index in [0.717, 1.165) is 56.8 Å². The van der Waals surface area contributed by atoms with Crippen LogP contribution in [0.25, 0.3) is 0 Å². The van der Waals surface area contributed by atoms with Gasteiger partial charge in [-0.1, -0.05) is 30.3 Å². The maximum absolute atomic E-state index is 13.0. The molecule has 0 bridgehead atoms. The molecule has 1 unspecified atom stereocenters. The lowest BCUT2D eigenvalue weighted by Crippen LogP contribution is -2.46. The zero-order valence-corrected chi connectivity index (χ0v) is 16.6. The molecule has 2 saturated heterocycles. The Hall–Kier alpha value is -2.63. The van der Waals surface area contributed by atoms with Gasteiger partial charge >= 0.3 is 0 Å². The Morgan fingerprint density at radius 3 is 2.52 bits per heavy atom. The van der Waals surface area contributed by atoms with E-state index in [0.29, 0.717) is 18.9 Å². The Kier molecular flexibility index (Phi) is 4.64. The molecule has 152 valence electrons. The van der Waals surface area contributed by atoms with Crippen molar-refractivity contribution < 1.29 is 14.0 Å². The van der Waals surface area contributed by atoms with Crippen molar-refractivity contribution in [1.82, 2.24) is 14.8 Å². The summed E-state index contributed by atoms with van der Waals surface area (Å²) in [5.74, 6) is 1.56. The van der Waals surface area contributed by atoms with Gasteiger partial charge in [0.05, 0.1) is 18.5 Å². The van der Waals surface area contributed by atoms with Crippen LogP contribution in [0.5, 0.6) is 0 Å². The van der Waals surface area contributed by atoms with Gasteiger partial charge < -0.3 is 14.2 Å². The van der Waals surface area contributed by atoms with Gasteiger partial charge in [0.25, 0.3) is 0 Å². The number of rotatable bonds is 4. The summed E-state index contributed by atoms with van der Waals surface area (Å²) in [6, 6.07) is 9.90. The lowest BCUT2D eigenvalue weighted by molar-refractivity contribution is -0.135. The Balaban J connectivity index is 1.32. The predicted molar refractivity (Wildman–Crippen MR) is 107 cm³/mol. The predicted octanol–water partition coefficient (Wildman–Crippen LogP) is 2.86. The van der Waals surface area contributed by atoms with Gasteiger partial charge in [0, 0.05) is 37.5 Å². The average Bonchev–Trinajstić information content (AvgIpc) is 3.33. The third-order valence-corrected chi connectivity index (χ3v) is 6.95. The Bertz CT molecular complexity index is 868. The molecule has 2 aromatic rings. The van der Waals surface area contributed by atoms with Crippen LogP contribution in [0, 0.1) is 11.3 Å². The highest BCUT2D eigenvalue weighted by atomic mass is 16.3. The molecule has 0 N–H and O–H groups in total. The lowest BCUT2D eigenvalue weighted by atomic mass is 9.70. The molecule has 0 radical (unpaired) electrons. The van der Waals surface area contributed by atoms with E-state index in [2.05, 4.69) is 4.98 Å². The maximum atomic E-state index is 13.0. The highest BCUT2D eigenvalue weighted by Crippen LogP contribution is 2.50. The van der Waals surface area contributed by atoms with Crippen LogP contribution in [0.3, 0.4) is 0 Å². The number of carbonyl (C=O) groups excluding carboxylic acids is 2. The number of carbonyl (C=O) groups is 2. The van der Waals surface area contributed by atoms with Crippen molar-refractivity contribution in [1.29, 1.82) is 0 Å². The van der Waals surface area contributed by atoms with E-state index in [4.69, 9.17) is 4.42 Å². The first kappa shape index (κ1) is 18.4. The van der Waals surface area contributed by atoms with Gasteiger partial charge in [0.15, 0.2) is 5.89 Å². The summed E-state index contributed by atoms with van der Waals surface area (Å²) >= 11 is 0. The van der Waals surface area contributed by atoms with E-state index in [1.807, 2.05) is 40.1 Å². The number of nitrogens with zero attached hydrogens (tertiary/aromatic N) is 3. The molecule has 3 aliphatic rings. The fourth-order valence-corrected chi connectivity index (χ4v) is 5.06. The number of benzene rings is 1. The molecule has 5 rings (SSSR count). The van der Waals surface area contributed by atoms with Crippen molar-refractivity contribution in [2.24, 2.45) is 11.3 Å². The number of amides is 2. The van der Waals surface area contributed by atoms with E-state index in [1.165, 1.54) is 0 Å². The van der Waals surface area contributed by atoms with Crippen LogP contribution in [-0.4, -0.2) is 52.8 Å². The molecule has 6 heteroatoms. The van der Waals surface area contributed by atoms with E-state index >= 15 is 0 Å². The van der Waals surface area contributed by atoms with Crippen LogP contribution in [0.1, 0.15) is 43.1 Å². The van der Waals surface area contributed by atoms with Gasteiger partial charge in [0.2, 0.25) is 11.8 Å². The molecule has 1 aromatic carbocycles. The summed E-state index contributed by atoms with van der Waals surface area (Å²) < 4.78 is 5.68. The van der Waals surface area contributed by atoms with Gasteiger partial charge in [0.1, 0.15) is 6.26 Å². The van der Waals surface area contributed by atoms with Gasteiger partial charge in [-0.3, -0.25) is 9.59 Å². The minimum atomic E-state index is -0.0580. The summed E-state index contributed by atoms with van der Waals surface area (Å²) in [6.45, 7) is 2.90. The van der Waals surface area contributed by atoms with E-state index in [1.54, 1.807) is 12.5 Å². The fraction of sp³-hybridized carbons (Fsp3) is 0.522. The van der Waals surface area contributed by atoms with Crippen molar-refractivity contribution in [3.05, 3.63) is 54.2 Å². The summed E-state index contributed by atoms with van der Waals surface area (Å²) in [4.78, 5) is 34.0. The smallest absolute Gasteiger partial charge is 0.227 e. The zero-order chi connectivity index (χ0) is 19.8. The van der Waals surface area contributed by atoms with Crippen molar-refractivity contribution in [3.8, 4) is 0 Å². The molecule has 1 aliphatic carbocycles. The number of hydrogen-bond acceptors (Lipinski definition) is 4. The minimum Gasteiger partial charge on any atom is -0.449 e. The highest BCUT2D eigenvalue weighted by Gasteiger charge is 2.52. The molecule has 1 atom stereocenters.